The summed E-state index contributed by atoms with van der Waals surface area (Å²) < 4.78 is 1.85. The van der Waals surface area contributed by atoms with Gasteiger partial charge < -0.3 is 15.1 Å². The third-order valence-corrected chi connectivity index (χ3v) is 6.97. The van der Waals surface area contributed by atoms with Crippen LogP contribution in [0.3, 0.4) is 0 Å². The molecular formula is C27H30N8. The number of hydrogen-bond donors (Lipinski definition) is 1. The summed E-state index contributed by atoms with van der Waals surface area (Å²) in [6, 6.07) is 14.7. The number of rotatable bonds is 5. The Hall–Kier alpha value is -4.12. The molecule has 4 aromatic rings. The number of aryl methyl sites for hydroxylation is 2. The maximum absolute atomic E-state index is 9.42. The van der Waals surface area contributed by atoms with Gasteiger partial charge in [0.1, 0.15) is 0 Å². The molecule has 178 valence electrons. The SMILES string of the molecule is Cc1c(C#N)cccc1[C@@H](C)Nc1nnc(C)c2ccc(N3CCN(c4cnn(C)c4)CC3)cc12. The van der Waals surface area contributed by atoms with Gasteiger partial charge in [0, 0.05) is 55.9 Å². The fourth-order valence-electron chi connectivity index (χ4n) is 4.90. The number of anilines is 3. The molecule has 0 radical (unpaired) electrons. The van der Waals surface area contributed by atoms with E-state index >= 15 is 0 Å². The molecule has 0 unspecified atom stereocenters. The number of benzene rings is 2. The molecule has 8 heteroatoms. The van der Waals surface area contributed by atoms with Crippen LogP contribution in [-0.4, -0.2) is 46.2 Å². The molecule has 1 aliphatic rings. The first-order valence-corrected chi connectivity index (χ1v) is 12.0. The van der Waals surface area contributed by atoms with Crippen molar-refractivity contribution in [2.24, 2.45) is 7.05 Å². The molecular weight excluding hydrogens is 436 g/mol. The molecule has 1 saturated heterocycles. The largest absolute Gasteiger partial charge is 0.368 e. The van der Waals surface area contributed by atoms with Gasteiger partial charge in [0.25, 0.3) is 0 Å². The Morgan fingerprint density at radius 2 is 1.71 bits per heavy atom. The third kappa shape index (κ3) is 4.37. The van der Waals surface area contributed by atoms with Gasteiger partial charge >= 0.3 is 0 Å². The van der Waals surface area contributed by atoms with Crippen molar-refractivity contribution in [2.75, 3.05) is 41.3 Å². The number of nitriles is 1. The van der Waals surface area contributed by atoms with E-state index in [4.69, 9.17) is 0 Å². The molecule has 3 heterocycles. The first kappa shape index (κ1) is 22.7. The molecule has 1 atom stereocenters. The number of piperazine rings is 1. The molecule has 2 aromatic carbocycles. The summed E-state index contributed by atoms with van der Waals surface area (Å²) in [7, 11) is 1.95. The van der Waals surface area contributed by atoms with Crippen LogP contribution in [0.1, 0.15) is 35.3 Å². The van der Waals surface area contributed by atoms with E-state index < -0.39 is 0 Å². The van der Waals surface area contributed by atoms with Crippen molar-refractivity contribution in [1.29, 1.82) is 5.26 Å². The van der Waals surface area contributed by atoms with Gasteiger partial charge in [-0.25, -0.2) is 0 Å². The molecule has 0 bridgehead atoms. The van der Waals surface area contributed by atoms with E-state index in [1.54, 1.807) is 0 Å². The number of aromatic nitrogens is 4. The second-order valence-corrected chi connectivity index (χ2v) is 9.21. The Morgan fingerprint density at radius 1 is 0.971 bits per heavy atom. The Labute approximate surface area is 205 Å². The lowest BCUT2D eigenvalue weighted by molar-refractivity contribution is 0.653. The molecule has 1 aliphatic heterocycles. The molecule has 0 aliphatic carbocycles. The zero-order valence-corrected chi connectivity index (χ0v) is 20.7. The van der Waals surface area contributed by atoms with Crippen molar-refractivity contribution in [3.63, 3.8) is 0 Å². The van der Waals surface area contributed by atoms with Crippen molar-refractivity contribution in [1.82, 2.24) is 20.0 Å². The smallest absolute Gasteiger partial charge is 0.157 e. The minimum atomic E-state index is -0.0183. The maximum Gasteiger partial charge on any atom is 0.157 e. The summed E-state index contributed by atoms with van der Waals surface area (Å²) in [4.78, 5) is 4.81. The number of fused-ring (bicyclic) bond motifs is 1. The van der Waals surface area contributed by atoms with Gasteiger partial charge in [-0.15, -0.1) is 5.10 Å². The summed E-state index contributed by atoms with van der Waals surface area (Å²) in [6.07, 6.45) is 4.00. The number of hydrogen-bond acceptors (Lipinski definition) is 7. The fourth-order valence-corrected chi connectivity index (χ4v) is 4.90. The molecule has 8 nitrogen and oxygen atoms in total. The van der Waals surface area contributed by atoms with Crippen molar-refractivity contribution >= 4 is 28.0 Å². The van der Waals surface area contributed by atoms with E-state index in [0.717, 1.165) is 59.6 Å². The van der Waals surface area contributed by atoms with Crippen LogP contribution >= 0.6 is 0 Å². The van der Waals surface area contributed by atoms with E-state index in [1.165, 1.54) is 11.4 Å². The Kier molecular flexibility index (Phi) is 6.00. The quantitative estimate of drug-likeness (QED) is 0.468. The van der Waals surface area contributed by atoms with Crippen molar-refractivity contribution in [3.8, 4) is 6.07 Å². The second kappa shape index (κ2) is 9.26. The molecule has 0 saturated carbocycles. The molecule has 0 amide bonds. The van der Waals surface area contributed by atoms with Crippen LogP contribution in [0.25, 0.3) is 10.8 Å². The first-order chi connectivity index (χ1) is 16.9. The lowest BCUT2D eigenvalue weighted by Gasteiger charge is -2.36. The monoisotopic (exact) mass is 466 g/mol. The topological polar surface area (TPSA) is 85.9 Å². The average molecular weight is 467 g/mol. The average Bonchev–Trinajstić information content (AvgIpc) is 3.32. The zero-order chi connectivity index (χ0) is 24.5. The fraction of sp³-hybridized carbons (Fsp3) is 0.333. The minimum absolute atomic E-state index is 0.0183. The molecule has 35 heavy (non-hydrogen) atoms. The molecule has 5 rings (SSSR count). The standard InChI is InChI=1S/C27H30N8/c1-18-21(15-28)6-5-7-24(18)19(2)30-27-26-14-22(8-9-25(26)20(3)31-32-27)34-10-12-35(13-11-34)23-16-29-33(4)17-23/h5-9,14,16-17,19H,10-13H2,1-4H3,(H,30,32)/t19-/m1/s1. The van der Waals surface area contributed by atoms with Gasteiger partial charge in [0.05, 0.1) is 35.3 Å². The van der Waals surface area contributed by atoms with Gasteiger partial charge in [-0.3, -0.25) is 4.68 Å². The predicted molar refractivity (Wildman–Crippen MR) is 140 cm³/mol. The van der Waals surface area contributed by atoms with Gasteiger partial charge in [-0.1, -0.05) is 18.2 Å². The summed E-state index contributed by atoms with van der Waals surface area (Å²) in [5, 5.41) is 28.4. The summed E-state index contributed by atoms with van der Waals surface area (Å²) in [5.41, 5.74) is 6.05. The zero-order valence-electron chi connectivity index (χ0n) is 20.7. The van der Waals surface area contributed by atoms with Gasteiger partial charge in [0.2, 0.25) is 0 Å². The Balaban J connectivity index is 1.40. The highest BCUT2D eigenvalue weighted by Crippen LogP contribution is 2.31. The minimum Gasteiger partial charge on any atom is -0.368 e. The van der Waals surface area contributed by atoms with E-state index in [-0.39, 0.29) is 6.04 Å². The van der Waals surface area contributed by atoms with Crippen LogP contribution in [0, 0.1) is 25.2 Å². The highest BCUT2D eigenvalue weighted by Gasteiger charge is 2.20. The molecule has 0 spiro atoms. The highest BCUT2D eigenvalue weighted by atomic mass is 15.3. The summed E-state index contributed by atoms with van der Waals surface area (Å²) in [6.45, 7) is 9.87. The van der Waals surface area contributed by atoms with E-state index in [1.807, 2.05) is 43.9 Å². The molecule has 2 aromatic heterocycles. The van der Waals surface area contributed by atoms with Crippen molar-refractivity contribution < 1.29 is 0 Å². The first-order valence-electron chi connectivity index (χ1n) is 12.0. The van der Waals surface area contributed by atoms with Crippen LogP contribution in [0.2, 0.25) is 0 Å². The summed E-state index contributed by atoms with van der Waals surface area (Å²) >= 11 is 0. The number of nitrogens with one attached hydrogen (secondary N) is 1. The van der Waals surface area contributed by atoms with Crippen LogP contribution in [-0.2, 0) is 7.05 Å². The second-order valence-electron chi connectivity index (χ2n) is 9.21. The summed E-state index contributed by atoms with van der Waals surface area (Å²) in [5.74, 6) is 0.760. The van der Waals surface area contributed by atoms with E-state index in [2.05, 4.69) is 73.9 Å². The maximum atomic E-state index is 9.42. The van der Waals surface area contributed by atoms with Gasteiger partial charge in [0.15, 0.2) is 5.82 Å². The third-order valence-electron chi connectivity index (χ3n) is 6.97. The predicted octanol–water partition coefficient (Wildman–Crippen LogP) is 4.35. The van der Waals surface area contributed by atoms with Crippen LogP contribution in [0.5, 0.6) is 0 Å². The normalized spacial score (nSPS) is 14.7. The molecule has 1 fully saturated rings. The lowest BCUT2D eigenvalue weighted by atomic mass is 9.98. The van der Waals surface area contributed by atoms with Crippen LogP contribution < -0.4 is 15.1 Å². The van der Waals surface area contributed by atoms with Crippen LogP contribution in [0.4, 0.5) is 17.2 Å². The van der Waals surface area contributed by atoms with E-state index in [9.17, 15) is 5.26 Å². The van der Waals surface area contributed by atoms with Crippen LogP contribution in [0.15, 0.2) is 48.8 Å². The van der Waals surface area contributed by atoms with E-state index in [0.29, 0.717) is 5.56 Å². The Bertz CT molecular complexity index is 1410. The van der Waals surface area contributed by atoms with Gasteiger partial charge in [-0.2, -0.15) is 15.5 Å². The molecule has 1 N–H and O–H groups in total. The number of nitrogens with zero attached hydrogens (tertiary/aromatic N) is 7. The van der Waals surface area contributed by atoms with Gasteiger partial charge in [-0.05, 0) is 50.1 Å². The Morgan fingerprint density at radius 3 is 2.40 bits per heavy atom. The lowest BCUT2D eigenvalue weighted by Crippen LogP contribution is -2.46. The van der Waals surface area contributed by atoms with Crippen molar-refractivity contribution in [3.05, 3.63) is 71.2 Å². The highest BCUT2D eigenvalue weighted by molar-refractivity contribution is 5.95. The van der Waals surface area contributed by atoms with Crippen molar-refractivity contribution in [2.45, 2.75) is 26.8 Å².